The van der Waals surface area contributed by atoms with Crippen LogP contribution in [0.4, 0.5) is 0 Å². The van der Waals surface area contributed by atoms with Crippen LogP contribution in [0.15, 0.2) is 18.3 Å². The average Bonchev–Trinajstić information content (AvgIpc) is 2.40. The number of carbonyl (C=O) groups is 1. The highest BCUT2D eigenvalue weighted by Crippen LogP contribution is 1.88. The van der Waals surface area contributed by atoms with Gasteiger partial charge in [-0.3, -0.25) is 4.79 Å². The summed E-state index contributed by atoms with van der Waals surface area (Å²) in [6.45, 7) is 0.240. The zero-order valence-corrected chi connectivity index (χ0v) is 5.70. The lowest BCUT2D eigenvalue weighted by Crippen LogP contribution is -2.09. The highest BCUT2D eigenvalue weighted by molar-refractivity contribution is 5.68. The molecular formula is C7H8NO2. The molecule has 0 aliphatic heterocycles. The van der Waals surface area contributed by atoms with Crippen LogP contribution in [0.3, 0.4) is 0 Å². The van der Waals surface area contributed by atoms with Gasteiger partial charge >= 0.3 is 5.97 Å². The fraction of sp³-hybridized carbons (Fsp3) is 0.286. The van der Waals surface area contributed by atoms with Gasteiger partial charge in [-0.15, -0.1) is 0 Å². The Hall–Kier alpha value is -1.25. The van der Waals surface area contributed by atoms with Crippen LogP contribution in [0.5, 0.6) is 0 Å². The highest BCUT2D eigenvalue weighted by atomic mass is 16.5. The van der Waals surface area contributed by atoms with Crippen molar-refractivity contribution in [2.75, 3.05) is 7.11 Å². The van der Waals surface area contributed by atoms with Gasteiger partial charge in [0, 0.05) is 6.20 Å². The first-order valence-corrected chi connectivity index (χ1v) is 2.92. The molecule has 0 saturated heterocycles. The molecule has 1 aromatic rings. The maximum atomic E-state index is 10.6. The van der Waals surface area contributed by atoms with E-state index in [1.807, 2.05) is 6.07 Å². The number of rotatable bonds is 2. The number of esters is 1. The van der Waals surface area contributed by atoms with E-state index in [1.54, 1.807) is 16.8 Å². The standard InChI is InChI=1S/C7H8NO2/c1-10-7(9)6-8-4-2-3-5-8/h2-4H,6H2,1H3. The van der Waals surface area contributed by atoms with Crippen LogP contribution >= 0.6 is 0 Å². The summed E-state index contributed by atoms with van der Waals surface area (Å²) in [5.41, 5.74) is 0. The van der Waals surface area contributed by atoms with E-state index in [1.165, 1.54) is 7.11 Å². The molecule has 0 aliphatic carbocycles. The first kappa shape index (κ1) is 6.86. The molecule has 0 spiro atoms. The molecule has 0 aromatic carbocycles. The molecule has 1 rings (SSSR count). The fourth-order valence-electron chi connectivity index (χ4n) is 0.631. The second kappa shape index (κ2) is 3.06. The number of aromatic nitrogens is 1. The van der Waals surface area contributed by atoms with E-state index in [0.717, 1.165) is 0 Å². The molecule has 10 heavy (non-hydrogen) atoms. The molecule has 0 unspecified atom stereocenters. The van der Waals surface area contributed by atoms with Crippen LogP contribution in [0.1, 0.15) is 0 Å². The normalized spacial score (nSPS) is 9.30. The van der Waals surface area contributed by atoms with Crippen LogP contribution in [0, 0.1) is 6.20 Å². The summed E-state index contributed by atoms with van der Waals surface area (Å²) < 4.78 is 6.07. The summed E-state index contributed by atoms with van der Waals surface area (Å²) in [5.74, 6) is -0.257. The molecule has 1 aromatic heterocycles. The van der Waals surface area contributed by atoms with Crippen molar-refractivity contribution in [2.45, 2.75) is 6.54 Å². The molecule has 0 saturated carbocycles. The summed E-state index contributed by atoms with van der Waals surface area (Å²) in [4.78, 5) is 10.6. The quantitative estimate of drug-likeness (QED) is 0.556. The molecule has 0 bridgehead atoms. The Bertz CT molecular complexity index is 203. The Labute approximate surface area is 59.2 Å². The van der Waals surface area contributed by atoms with Crippen molar-refractivity contribution in [3.8, 4) is 0 Å². The van der Waals surface area contributed by atoms with Gasteiger partial charge in [-0.2, -0.15) is 0 Å². The summed E-state index contributed by atoms with van der Waals surface area (Å²) >= 11 is 0. The van der Waals surface area contributed by atoms with E-state index in [-0.39, 0.29) is 12.5 Å². The van der Waals surface area contributed by atoms with E-state index in [9.17, 15) is 4.79 Å². The smallest absolute Gasteiger partial charge is 0.325 e. The number of nitrogens with zero attached hydrogens (tertiary/aromatic N) is 1. The lowest BCUT2D eigenvalue weighted by atomic mass is 10.6. The SMILES string of the molecule is COC(=O)Cn1[c]ccc1. The molecule has 0 aliphatic rings. The van der Waals surface area contributed by atoms with Crippen molar-refractivity contribution >= 4 is 5.97 Å². The zero-order chi connectivity index (χ0) is 7.40. The minimum Gasteiger partial charge on any atom is -0.468 e. The third-order valence-corrected chi connectivity index (χ3v) is 1.13. The molecule has 0 fully saturated rings. The van der Waals surface area contributed by atoms with Gasteiger partial charge in [0.05, 0.1) is 13.3 Å². The molecule has 0 atom stereocenters. The summed E-state index contributed by atoms with van der Waals surface area (Å²) in [5, 5.41) is 0. The maximum absolute atomic E-state index is 10.6. The van der Waals surface area contributed by atoms with Gasteiger partial charge in [0.15, 0.2) is 0 Å². The van der Waals surface area contributed by atoms with Gasteiger partial charge in [-0.05, 0) is 12.1 Å². The molecular weight excluding hydrogens is 130 g/mol. The highest BCUT2D eigenvalue weighted by Gasteiger charge is 1.98. The minimum absolute atomic E-state index is 0.240. The topological polar surface area (TPSA) is 31.2 Å². The number of hydrogen-bond acceptors (Lipinski definition) is 2. The first-order valence-electron chi connectivity index (χ1n) is 2.92. The van der Waals surface area contributed by atoms with Crippen LogP contribution in [-0.4, -0.2) is 17.6 Å². The van der Waals surface area contributed by atoms with E-state index in [0.29, 0.717) is 0 Å². The van der Waals surface area contributed by atoms with Gasteiger partial charge in [0.1, 0.15) is 6.54 Å². The number of methoxy groups -OCH3 is 1. The summed E-state index contributed by atoms with van der Waals surface area (Å²) in [6.07, 6.45) is 4.58. The summed E-state index contributed by atoms with van der Waals surface area (Å²) in [6, 6.07) is 3.55. The molecule has 3 nitrogen and oxygen atoms in total. The number of ether oxygens (including phenoxy) is 1. The van der Waals surface area contributed by atoms with E-state index < -0.39 is 0 Å². The third-order valence-electron chi connectivity index (χ3n) is 1.13. The second-order valence-electron chi connectivity index (χ2n) is 1.84. The monoisotopic (exact) mass is 138 g/mol. The van der Waals surface area contributed by atoms with Gasteiger partial charge in [-0.25, -0.2) is 0 Å². The van der Waals surface area contributed by atoms with E-state index >= 15 is 0 Å². The molecule has 0 N–H and O–H groups in total. The predicted octanol–water partition coefficient (Wildman–Crippen LogP) is 0.461. The predicted molar refractivity (Wildman–Crippen MR) is 35.3 cm³/mol. The lowest BCUT2D eigenvalue weighted by molar-refractivity contribution is -0.141. The number of hydrogen-bond donors (Lipinski definition) is 0. The van der Waals surface area contributed by atoms with Crippen molar-refractivity contribution in [1.82, 2.24) is 4.57 Å². The molecule has 0 amide bonds. The van der Waals surface area contributed by atoms with Crippen LogP contribution in [0.25, 0.3) is 0 Å². The Morgan fingerprint density at radius 1 is 1.80 bits per heavy atom. The first-order chi connectivity index (χ1) is 4.83. The molecule has 1 radical (unpaired) electrons. The van der Waals surface area contributed by atoms with Gasteiger partial charge in [0.25, 0.3) is 0 Å². The Balaban J connectivity index is 2.48. The van der Waals surface area contributed by atoms with Crippen molar-refractivity contribution in [3.05, 3.63) is 24.5 Å². The molecule has 1 heterocycles. The van der Waals surface area contributed by atoms with Crippen LogP contribution in [-0.2, 0) is 16.1 Å². The summed E-state index contributed by atoms with van der Waals surface area (Å²) in [7, 11) is 1.37. The van der Waals surface area contributed by atoms with E-state index in [4.69, 9.17) is 0 Å². The molecule has 53 valence electrons. The minimum atomic E-state index is -0.257. The van der Waals surface area contributed by atoms with Crippen molar-refractivity contribution in [1.29, 1.82) is 0 Å². The Morgan fingerprint density at radius 3 is 3.10 bits per heavy atom. The van der Waals surface area contributed by atoms with Gasteiger partial charge in [0.2, 0.25) is 0 Å². The van der Waals surface area contributed by atoms with Crippen LogP contribution < -0.4 is 0 Å². The van der Waals surface area contributed by atoms with E-state index in [2.05, 4.69) is 10.9 Å². The third kappa shape index (κ3) is 1.62. The van der Waals surface area contributed by atoms with Crippen molar-refractivity contribution < 1.29 is 9.53 Å². The Morgan fingerprint density at radius 2 is 2.60 bits per heavy atom. The van der Waals surface area contributed by atoms with Gasteiger partial charge in [-0.1, -0.05) is 0 Å². The fourth-order valence-corrected chi connectivity index (χ4v) is 0.631. The zero-order valence-electron chi connectivity index (χ0n) is 5.70. The lowest BCUT2D eigenvalue weighted by Gasteiger charge is -1.97. The van der Waals surface area contributed by atoms with Crippen molar-refractivity contribution in [3.63, 3.8) is 0 Å². The van der Waals surface area contributed by atoms with Gasteiger partial charge < -0.3 is 9.30 Å². The largest absolute Gasteiger partial charge is 0.468 e. The number of carbonyl (C=O) groups excluding carboxylic acids is 1. The Kier molecular flexibility index (Phi) is 2.10. The van der Waals surface area contributed by atoms with Crippen LogP contribution in [0.2, 0.25) is 0 Å². The molecule has 3 heteroatoms. The average molecular weight is 138 g/mol. The second-order valence-corrected chi connectivity index (χ2v) is 1.84. The maximum Gasteiger partial charge on any atom is 0.325 e. The van der Waals surface area contributed by atoms with Crippen molar-refractivity contribution in [2.24, 2.45) is 0 Å².